The van der Waals surface area contributed by atoms with Gasteiger partial charge in [-0.2, -0.15) is 0 Å². The molecule has 2 aliphatic rings. The Morgan fingerprint density at radius 3 is 2.32 bits per heavy atom. The molecule has 0 radical (unpaired) electrons. The first-order valence-corrected chi connectivity index (χ1v) is 7.53. The van der Waals surface area contributed by atoms with Gasteiger partial charge in [-0.3, -0.25) is 9.69 Å². The molecule has 5 heteroatoms. The van der Waals surface area contributed by atoms with Gasteiger partial charge in [0.25, 0.3) is 0 Å². The minimum absolute atomic E-state index is 0.255. The van der Waals surface area contributed by atoms with Crippen molar-refractivity contribution in [1.82, 2.24) is 15.1 Å². The summed E-state index contributed by atoms with van der Waals surface area (Å²) in [6.07, 6.45) is 2.83. The minimum atomic E-state index is -0.604. The largest absolute Gasteiger partial charge is 0.368 e. The molecule has 1 heterocycles. The summed E-state index contributed by atoms with van der Waals surface area (Å²) in [5, 5.41) is 3.23. The van der Waals surface area contributed by atoms with Gasteiger partial charge < -0.3 is 16.0 Å². The van der Waals surface area contributed by atoms with E-state index >= 15 is 0 Å². The monoisotopic (exact) mass is 268 g/mol. The minimum Gasteiger partial charge on any atom is -0.368 e. The van der Waals surface area contributed by atoms with Crippen molar-refractivity contribution in [3.05, 3.63) is 0 Å². The number of nitrogens with zero attached hydrogens (tertiary/aromatic N) is 2. The van der Waals surface area contributed by atoms with Crippen LogP contribution in [0.3, 0.4) is 0 Å². The molecule has 0 aromatic heterocycles. The number of carbonyl (C=O) groups is 1. The average Bonchev–Trinajstić information content (AvgIpc) is 3.16. The topological polar surface area (TPSA) is 61.6 Å². The summed E-state index contributed by atoms with van der Waals surface area (Å²) >= 11 is 0. The van der Waals surface area contributed by atoms with Crippen LogP contribution in [0, 0.1) is 5.92 Å². The third kappa shape index (κ3) is 4.16. The molecule has 1 aliphatic heterocycles. The van der Waals surface area contributed by atoms with E-state index in [0.717, 1.165) is 38.6 Å². The van der Waals surface area contributed by atoms with Gasteiger partial charge in [0.15, 0.2) is 0 Å². The first-order valence-electron chi connectivity index (χ1n) is 7.53. The van der Waals surface area contributed by atoms with Crippen LogP contribution in [-0.2, 0) is 4.79 Å². The Morgan fingerprint density at radius 1 is 1.26 bits per heavy atom. The molecule has 2 fully saturated rings. The van der Waals surface area contributed by atoms with E-state index < -0.39 is 5.54 Å². The van der Waals surface area contributed by atoms with Crippen molar-refractivity contribution in [3.8, 4) is 0 Å². The van der Waals surface area contributed by atoms with Crippen molar-refractivity contribution < 1.29 is 4.79 Å². The van der Waals surface area contributed by atoms with Crippen molar-refractivity contribution in [2.45, 2.75) is 32.2 Å². The van der Waals surface area contributed by atoms with Crippen LogP contribution < -0.4 is 11.1 Å². The number of likely N-dealkylation sites (N-methyl/N-ethyl adjacent to an activating group) is 1. The fraction of sp³-hybridized carbons (Fsp3) is 0.929. The zero-order chi connectivity index (χ0) is 13.9. The van der Waals surface area contributed by atoms with Gasteiger partial charge in [-0.15, -0.1) is 0 Å². The normalized spacial score (nSPS) is 25.2. The molecule has 0 spiro atoms. The van der Waals surface area contributed by atoms with E-state index in [1.165, 1.54) is 19.4 Å². The highest BCUT2D eigenvalue weighted by Gasteiger charge is 2.34. The Morgan fingerprint density at radius 2 is 1.84 bits per heavy atom. The van der Waals surface area contributed by atoms with Gasteiger partial charge in [0.2, 0.25) is 5.91 Å². The van der Waals surface area contributed by atoms with E-state index in [0.29, 0.717) is 6.54 Å². The van der Waals surface area contributed by atoms with Crippen LogP contribution in [0.25, 0.3) is 0 Å². The Labute approximate surface area is 116 Å². The highest BCUT2D eigenvalue weighted by molar-refractivity contribution is 5.84. The van der Waals surface area contributed by atoms with Crippen LogP contribution in [0.4, 0.5) is 0 Å². The molecule has 0 aromatic rings. The summed E-state index contributed by atoms with van der Waals surface area (Å²) in [5.41, 5.74) is 4.93. The molecule has 5 nitrogen and oxygen atoms in total. The zero-order valence-electron chi connectivity index (χ0n) is 12.3. The Bertz CT molecular complexity index is 311. The summed E-state index contributed by atoms with van der Waals surface area (Å²) in [4.78, 5) is 16.5. The van der Waals surface area contributed by atoms with Crippen molar-refractivity contribution in [2.75, 3.05) is 45.8 Å². The molecule has 0 bridgehead atoms. The lowest BCUT2D eigenvalue weighted by atomic mass is 10.00. The first kappa shape index (κ1) is 14.8. The summed E-state index contributed by atoms with van der Waals surface area (Å²) in [5.74, 6) is 0.707. The summed E-state index contributed by atoms with van der Waals surface area (Å²) < 4.78 is 0. The second kappa shape index (κ2) is 6.20. The first-order chi connectivity index (χ1) is 9.03. The van der Waals surface area contributed by atoms with E-state index in [4.69, 9.17) is 5.73 Å². The van der Waals surface area contributed by atoms with E-state index in [1.54, 1.807) is 0 Å². The van der Waals surface area contributed by atoms with Crippen LogP contribution in [-0.4, -0.2) is 67.1 Å². The lowest BCUT2D eigenvalue weighted by Gasteiger charge is -2.39. The predicted molar refractivity (Wildman–Crippen MR) is 76.9 cm³/mol. The SMILES string of the molecule is CCNC(C)(CN1CCN(CC2CC2)CC1)C(N)=O. The Kier molecular flexibility index (Phi) is 4.81. The van der Waals surface area contributed by atoms with E-state index in [1.807, 2.05) is 13.8 Å². The maximum absolute atomic E-state index is 11.6. The maximum Gasteiger partial charge on any atom is 0.238 e. The number of primary amides is 1. The summed E-state index contributed by atoms with van der Waals surface area (Å²) in [6.45, 7) is 11.0. The van der Waals surface area contributed by atoms with Crippen LogP contribution in [0.2, 0.25) is 0 Å². The number of piperazine rings is 1. The number of carbonyl (C=O) groups excluding carboxylic acids is 1. The molecule has 2 rings (SSSR count). The van der Waals surface area contributed by atoms with Crippen LogP contribution >= 0.6 is 0 Å². The maximum atomic E-state index is 11.6. The average molecular weight is 268 g/mol. The molecule has 1 aliphatic carbocycles. The number of amides is 1. The van der Waals surface area contributed by atoms with Gasteiger partial charge in [0.05, 0.1) is 0 Å². The van der Waals surface area contributed by atoms with Gasteiger partial charge in [0.1, 0.15) is 5.54 Å². The number of hydrogen-bond acceptors (Lipinski definition) is 4. The van der Waals surface area contributed by atoms with Gasteiger partial charge >= 0.3 is 0 Å². The fourth-order valence-corrected chi connectivity index (χ4v) is 2.85. The number of rotatable bonds is 7. The van der Waals surface area contributed by atoms with Crippen molar-refractivity contribution in [2.24, 2.45) is 11.7 Å². The van der Waals surface area contributed by atoms with Crippen LogP contribution in [0.5, 0.6) is 0 Å². The predicted octanol–water partition coefficient (Wildman–Crippen LogP) is -0.132. The van der Waals surface area contributed by atoms with Crippen LogP contribution in [0.15, 0.2) is 0 Å². The fourth-order valence-electron chi connectivity index (χ4n) is 2.85. The molecule has 3 N–H and O–H groups in total. The highest BCUT2D eigenvalue weighted by atomic mass is 16.1. The Balaban J connectivity index is 1.78. The van der Waals surface area contributed by atoms with Crippen LogP contribution in [0.1, 0.15) is 26.7 Å². The van der Waals surface area contributed by atoms with Crippen molar-refractivity contribution in [1.29, 1.82) is 0 Å². The third-order valence-corrected chi connectivity index (χ3v) is 4.33. The van der Waals surface area contributed by atoms with Crippen molar-refractivity contribution in [3.63, 3.8) is 0 Å². The summed E-state index contributed by atoms with van der Waals surface area (Å²) in [6, 6.07) is 0. The number of hydrogen-bond donors (Lipinski definition) is 2. The third-order valence-electron chi connectivity index (χ3n) is 4.33. The lowest BCUT2D eigenvalue weighted by Crippen LogP contribution is -2.61. The van der Waals surface area contributed by atoms with Gasteiger partial charge in [-0.05, 0) is 32.2 Å². The molecule has 110 valence electrons. The number of nitrogens with two attached hydrogens (primary N) is 1. The van der Waals surface area contributed by atoms with E-state index in [-0.39, 0.29) is 5.91 Å². The molecular weight excluding hydrogens is 240 g/mol. The van der Waals surface area contributed by atoms with E-state index in [9.17, 15) is 4.79 Å². The second-order valence-corrected chi connectivity index (χ2v) is 6.25. The number of nitrogens with one attached hydrogen (secondary N) is 1. The van der Waals surface area contributed by atoms with Crippen molar-refractivity contribution >= 4 is 5.91 Å². The zero-order valence-corrected chi connectivity index (χ0v) is 12.3. The molecule has 19 heavy (non-hydrogen) atoms. The second-order valence-electron chi connectivity index (χ2n) is 6.25. The quantitative estimate of drug-likeness (QED) is 0.675. The molecule has 1 atom stereocenters. The molecule has 1 unspecified atom stereocenters. The molecule has 1 saturated carbocycles. The van der Waals surface area contributed by atoms with E-state index in [2.05, 4.69) is 15.1 Å². The lowest BCUT2D eigenvalue weighted by molar-refractivity contribution is -0.124. The van der Waals surface area contributed by atoms with Gasteiger partial charge in [-0.25, -0.2) is 0 Å². The standard InChI is InChI=1S/C14H28N4O/c1-3-16-14(2,13(15)19)11-18-8-6-17(7-9-18)10-12-4-5-12/h12,16H,3-11H2,1-2H3,(H2,15,19). The van der Waals surface area contributed by atoms with Gasteiger partial charge in [-0.1, -0.05) is 6.92 Å². The molecule has 1 amide bonds. The Hall–Kier alpha value is -0.650. The molecule has 0 aromatic carbocycles. The molecule has 1 saturated heterocycles. The summed E-state index contributed by atoms with van der Waals surface area (Å²) in [7, 11) is 0. The smallest absolute Gasteiger partial charge is 0.238 e. The highest BCUT2D eigenvalue weighted by Crippen LogP contribution is 2.29. The molecular formula is C14H28N4O. The van der Waals surface area contributed by atoms with Gasteiger partial charge in [0, 0.05) is 39.3 Å².